The second-order valence-corrected chi connectivity index (χ2v) is 5.25. The number of hydrogen-bond acceptors (Lipinski definition) is 4. The molecule has 6 heteroatoms. The highest BCUT2D eigenvalue weighted by atomic mass is 32.1. The number of benzene rings is 1. The van der Waals surface area contributed by atoms with Gasteiger partial charge in [0.15, 0.2) is 0 Å². The van der Waals surface area contributed by atoms with Crippen molar-refractivity contribution in [1.82, 2.24) is 4.98 Å². The minimum Gasteiger partial charge on any atom is -0.375 e. The predicted molar refractivity (Wildman–Crippen MR) is 76.0 cm³/mol. The summed E-state index contributed by atoms with van der Waals surface area (Å²) >= 11 is 1.54. The molecule has 0 saturated heterocycles. The second kappa shape index (κ2) is 7.42. The fourth-order valence-corrected chi connectivity index (χ4v) is 2.87. The Balaban J connectivity index is 2.04. The van der Waals surface area contributed by atoms with E-state index in [0.29, 0.717) is 13.0 Å². The minimum absolute atomic E-state index is 0.246. The van der Waals surface area contributed by atoms with Crippen LogP contribution in [0.3, 0.4) is 0 Å². The van der Waals surface area contributed by atoms with Crippen molar-refractivity contribution in [3.05, 3.63) is 41.0 Å². The van der Waals surface area contributed by atoms with E-state index in [1.165, 1.54) is 11.3 Å². The molecule has 0 unspecified atom stereocenters. The summed E-state index contributed by atoms with van der Waals surface area (Å²) in [5, 5.41) is 0.860. The number of alkyl halides is 2. The van der Waals surface area contributed by atoms with Gasteiger partial charge in [-0.15, -0.1) is 11.3 Å². The molecule has 0 aliphatic rings. The molecule has 2 rings (SSSR count). The van der Waals surface area contributed by atoms with E-state index >= 15 is 0 Å². The van der Waals surface area contributed by atoms with Gasteiger partial charge in [-0.1, -0.05) is 30.3 Å². The Morgan fingerprint density at radius 3 is 2.65 bits per heavy atom. The zero-order valence-corrected chi connectivity index (χ0v) is 11.7. The minimum atomic E-state index is -2.43. The smallest absolute Gasteiger partial charge is 0.261 e. The highest BCUT2D eigenvalue weighted by Crippen LogP contribution is 2.30. The number of nitrogens with zero attached hydrogens (tertiary/aromatic N) is 1. The maximum atomic E-state index is 12.0. The van der Waals surface area contributed by atoms with E-state index < -0.39 is 13.0 Å². The molecule has 3 nitrogen and oxygen atoms in total. The Morgan fingerprint density at radius 2 is 2.00 bits per heavy atom. The first-order chi connectivity index (χ1) is 9.70. The topological polar surface area (TPSA) is 48.1 Å². The van der Waals surface area contributed by atoms with Crippen LogP contribution in [0.1, 0.15) is 10.7 Å². The van der Waals surface area contributed by atoms with Gasteiger partial charge in [0.05, 0.1) is 22.2 Å². The number of hydrogen-bond donors (Lipinski definition) is 1. The van der Waals surface area contributed by atoms with Gasteiger partial charge in [0, 0.05) is 13.0 Å². The molecule has 0 atom stereocenters. The first-order valence-electron chi connectivity index (χ1n) is 6.30. The standard InChI is InChI=1S/C14H16F2N2OS/c15-12(16)9-19-7-6-13-18-11(8-17)14(20-13)10-4-2-1-3-5-10/h1-5,12H,6-9,17H2. The Labute approximate surface area is 120 Å². The van der Waals surface area contributed by atoms with E-state index in [4.69, 9.17) is 10.5 Å². The monoisotopic (exact) mass is 298 g/mol. The average molecular weight is 298 g/mol. The number of rotatable bonds is 7. The number of thiazole rings is 1. The van der Waals surface area contributed by atoms with Crippen molar-refractivity contribution in [2.24, 2.45) is 5.73 Å². The summed E-state index contributed by atoms with van der Waals surface area (Å²) in [5.74, 6) is 0. The third-order valence-corrected chi connectivity index (χ3v) is 3.88. The fraction of sp³-hybridized carbons (Fsp3) is 0.357. The average Bonchev–Trinajstić information content (AvgIpc) is 2.87. The van der Waals surface area contributed by atoms with Gasteiger partial charge >= 0.3 is 0 Å². The molecule has 0 radical (unpaired) electrons. The van der Waals surface area contributed by atoms with Crippen molar-refractivity contribution in [3.8, 4) is 10.4 Å². The van der Waals surface area contributed by atoms with Crippen LogP contribution in [0.15, 0.2) is 30.3 Å². The van der Waals surface area contributed by atoms with Gasteiger partial charge in [0.1, 0.15) is 6.61 Å². The number of aromatic nitrogens is 1. The van der Waals surface area contributed by atoms with E-state index in [1.807, 2.05) is 30.3 Å². The predicted octanol–water partition coefficient (Wildman–Crippen LogP) is 3.09. The number of nitrogens with two attached hydrogens (primary N) is 1. The second-order valence-electron chi connectivity index (χ2n) is 4.17. The summed E-state index contributed by atoms with van der Waals surface area (Å²) in [6.07, 6.45) is -1.90. The van der Waals surface area contributed by atoms with Gasteiger partial charge in [-0.3, -0.25) is 0 Å². The number of ether oxygens (including phenoxy) is 1. The molecule has 0 saturated carbocycles. The van der Waals surface area contributed by atoms with Crippen molar-refractivity contribution in [2.75, 3.05) is 13.2 Å². The molecule has 0 fully saturated rings. The van der Waals surface area contributed by atoms with Gasteiger partial charge in [0.25, 0.3) is 6.43 Å². The molecule has 20 heavy (non-hydrogen) atoms. The van der Waals surface area contributed by atoms with Crippen LogP contribution in [0, 0.1) is 0 Å². The first kappa shape index (κ1) is 15.0. The molecule has 0 aliphatic heterocycles. The van der Waals surface area contributed by atoms with Crippen molar-refractivity contribution < 1.29 is 13.5 Å². The van der Waals surface area contributed by atoms with E-state index in [9.17, 15) is 8.78 Å². The van der Waals surface area contributed by atoms with Crippen LogP contribution in [0.2, 0.25) is 0 Å². The van der Waals surface area contributed by atoms with Gasteiger partial charge in [-0.25, -0.2) is 13.8 Å². The fourth-order valence-electron chi connectivity index (χ4n) is 1.79. The Kier molecular flexibility index (Phi) is 5.58. The van der Waals surface area contributed by atoms with Crippen LogP contribution >= 0.6 is 11.3 Å². The van der Waals surface area contributed by atoms with Crippen LogP contribution in [0.4, 0.5) is 8.78 Å². The van der Waals surface area contributed by atoms with Crippen LogP contribution in [0.25, 0.3) is 10.4 Å². The van der Waals surface area contributed by atoms with E-state index in [2.05, 4.69) is 4.98 Å². The van der Waals surface area contributed by atoms with E-state index in [1.54, 1.807) is 0 Å². The molecular weight excluding hydrogens is 282 g/mol. The highest BCUT2D eigenvalue weighted by molar-refractivity contribution is 7.15. The van der Waals surface area contributed by atoms with Crippen LogP contribution in [0.5, 0.6) is 0 Å². The van der Waals surface area contributed by atoms with Gasteiger partial charge < -0.3 is 10.5 Å². The van der Waals surface area contributed by atoms with Gasteiger partial charge in [0.2, 0.25) is 0 Å². The molecule has 1 heterocycles. The van der Waals surface area contributed by atoms with E-state index in [0.717, 1.165) is 21.1 Å². The lowest BCUT2D eigenvalue weighted by Gasteiger charge is -2.00. The lowest BCUT2D eigenvalue weighted by Crippen LogP contribution is -2.07. The summed E-state index contributed by atoms with van der Waals surface area (Å²) in [5.41, 5.74) is 7.62. The summed E-state index contributed by atoms with van der Waals surface area (Å²) in [7, 11) is 0. The van der Waals surface area contributed by atoms with Crippen molar-refractivity contribution >= 4 is 11.3 Å². The quantitative estimate of drug-likeness (QED) is 0.799. The lowest BCUT2D eigenvalue weighted by atomic mass is 10.1. The molecular formula is C14H16F2N2OS. The molecule has 2 N–H and O–H groups in total. The van der Waals surface area contributed by atoms with Gasteiger partial charge in [-0.2, -0.15) is 0 Å². The molecule has 1 aromatic carbocycles. The summed E-state index contributed by atoms with van der Waals surface area (Å²) < 4.78 is 28.8. The molecule has 0 aliphatic carbocycles. The normalized spacial score (nSPS) is 11.2. The molecule has 108 valence electrons. The van der Waals surface area contributed by atoms with Crippen LogP contribution in [-0.4, -0.2) is 24.6 Å². The van der Waals surface area contributed by atoms with Crippen LogP contribution in [-0.2, 0) is 17.7 Å². The molecule has 0 bridgehead atoms. The van der Waals surface area contributed by atoms with Crippen LogP contribution < -0.4 is 5.73 Å². The molecule has 0 amide bonds. The zero-order chi connectivity index (χ0) is 14.4. The third-order valence-electron chi connectivity index (χ3n) is 2.68. The third kappa shape index (κ3) is 4.06. The maximum Gasteiger partial charge on any atom is 0.261 e. The summed E-state index contributed by atoms with van der Waals surface area (Å²) in [6.45, 7) is 0.0787. The molecule has 1 aromatic heterocycles. The maximum absolute atomic E-state index is 12.0. The van der Waals surface area contributed by atoms with Crippen molar-refractivity contribution in [1.29, 1.82) is 0 Å². The van der Waals surface area contributed by atoms with Gasteiger partial charge in [-0.05, 0) is 5.56 Å². The Morgan fingerprint density at radius 1 is 1.25 bits per heavy atom. The summed E-state index contributed by atoms with van der Waals surface area (Å²) in [6, 6.07) is 9.88. The first-order valence-corrected chi connectivity index (χ1v) is 7.12. The lowest BCUT2D eigenvalue weighted by molar-refractivity contribution is 0.0187. The Bertz CT molecular complexity index is 531. The SMILES string of the molecule is NCc1nc(CCOCC(F)F)sc1-c1ccccc1. The molecule has 2 aromatic rings. The zero-order valence-electron chi connectivity index (χ0n) is 10.9. The largest absolute Gasteiger partial charge is 0.375 e. The Hall–Kier alpha value is -1.37. The number of halogens is 2. The van der Waals surface area contributed by atoms with Crippen molar-refractivity contribution in [3.63, 3.8) is 0 Å². The van der Waals surface area contributed by atoms with Crippen molar-refractivity contribution in [2.45, 2.75) is 19.4 Å². The van der Waals surface area contributed by atoms with E-state index in [-0.39, 0.29) is 6.61 Å². The highest BCUT2D eigenvalue weighted by Gasteiger charge is 2.12. The molecule has 0 spiro atoms. The summed E-state index contributed by atoms with van der Waals surface area (Å²) in [4.78, 5) is 5.49.